The molecule has 0 radical (unpaired) electrons. The Bertz CT molecular complexity index is 1290. The molecule has 0 saturated carbocycles. The Morgan fingerprint density at radius 1 is 1.16 bits per heavy atom. The van der Waals surface area contributed by atoms with Gasteiger partial charge in [-0.15, -0.1) is 0 Å². The van der Waals surface area contributed by atoms with Crippen LogP contribution >= 0.6 is 0 Å². The molecule has 1 atom stereocenters. The normalized spacial score (nSPS) is 17.4. The molecular weight excluding hydrogens is 396 g/mol. The molecule has 2 N–H and O–H groups in total. The van der Waals surface area contributed by atoms with Crippen LogP contribution in [0.15, 0.2) is 38.6 Å². The molecule has 3 aromatic rings. The number of aryl methyl sites for hydroxylation is 2. The van der Waals surface area contributed by atoms with Gasteiger partial charge in [-0.3, -0.25) is 0 Å². The number of methoxy groups -OCH3 is 2. The number of fused-ring (bicyclic) bond motifs is 3. The highest BCUT2D eigenvalue weighted by Crippen LogP contribution is 2.40. The van der Waals surface area contributed by atoms with Gasteiger partial charge in [0.05, 0.1) is 31.4 Å². The highest BCUT2D eigenvalue weighted by molar-refractivity contribution is 6.09. The van der Waals surface area contributed by atoms with Crippen LogP contribution in [0, 0.1) is 6.92 Å². The van der Waals surface area contributed by atoms with Crippen molar-refractivity contribution in [2.75, 3.05) is 14.2 Å². The fourth-order valence-electron chi connectivity index (χ4n) is 4.80. The fourth-order valence-corrected chi connectivity index (χ4v) is 4.80. The van der Waals surface area contributed by atoms with E-state index in [2.05, 4.69) is 10.5 Å². The summed E-state index contributed by atoms with van der Waals surface area (Å²) < 4.78 is 16.4. The molecule has 1 unspecified atom stereocenters. The number of hydrogen-bond acceptors (Lipinski definition) is 7. The second-order valence-electron chi connectivity index (χ2n) is 8.04. The molecule has 5 rings (SSSR count). The largest absolute Gasteiger partial charge is 0.506 e. The molecule has 0 spiro atoms. The SMILES string of the molecule is COc1ccc(OC)c(C2CC(c3c(C)cc4oc(=O)c5c(c4c3O)CCC5)=NN2)c1. The van der Waals surface area contributed by atoms with Gasteiger partial charge < -0.3 is 24.4 Å². The number of nitrogens with zero attached hydrogens (tertiary/aromatic N) is 1. The molecule has 2 aliphatic rings. The zero-order valence-corrected chi connectivity index (χ0v) is 17.7. The number of hydrazone groups is 1. The highest BCUT2D eigenvalue weighted by atomic mass is 16.5. The lowest BCUT2D eigenvalue weighted by molar-refractivity contribution is 0.392. The van der Waals surface area contributed by atoms with Gasteiger partial charge in [-0.2, -0.15) is 5.10 Å². The summed E-state index contributed by atoms with van der Waals surface area (Å²) in [4.78, 5) is 12.3. The summed E-state index contributed by atoms with van der Waals surface area (Å²) in [5.41, 5.74) is 8.09. The number of rotatable bonds is 4. The van der Waals surface area contributed by atoms with E-state index in [1.54, 1.807) is 14.2 Å². The molecule has 7 heteroatoms. The molecule has 1 aliphatic heterocycles. The Labute approximate surface area is 179 Å². The summed E-state index contributed by atoms with van der Waals surface area (Å²) in [6.07, 6.45) is 2.92. The summed E-state index contributed by atoms with van der Waals surface area (Å²) in [5, 5.41) is 16.5. The molecule has 1 aliphatic carbocycles. The van der Waals surface area contributed by atoms with E-state index in [1.807, 2.05) is 31.2 Å². The van der Waals surface area contributed by atoms with Crippen molar-refractivity contribution in [1.82, 2.24) is 5.43 Å². The monoisotopic (exact) mass is 420 g/mol. The summed E-state index contributed by atoms with van der Waals surface area (Å²) in [7, 11) is 3.26. The van der Waals surface area contributed by atoms with Crippen molar-refractivity contribution in [2.45, 2.75) is 38.6 Å². The summed E-state index contributed by atoms with van der Waals surface area (Å²) in [6, 6.07) is 7.37. The van der Waals surface area contributed by atoms with Gasteiger partial charge in [-0.25, -0.2) is 4.79 Å². The number of phenols is 1. The highest BCUT2D eigenvalue weighted by Gasteiger charge is 2.30. The summed E-state index contributed by atoms with van der Waals surface area (Å²) in [5.74, 6) is 1.62. The van der Waals surface area contributed by atoms with Gasteiger partial charge in [-0.1, -0.05) is 0 Å². The van der Waals surface area contributed by atoms with Crippen LogP contribution in [0.4, 0.5) is 0 Å². The second-order valence-corrected chi connectivity index (χ2v) is 8.04. The summed E-state index contributed by atoms with van der Waals surface area (Å²) in [6.45, 7) is 1.89. The average Bonchev–Trinajstić information content (AvgIpc) is 3.43. The molecule has 0 amide bonds. The summed E-state index contributed by atoms with van der Waals surface area (Å²) >= 11 is 0. The maximum atomic E-state index is 12.3. The van der Waals surface area contributed by atoms with E-state index in [1.165, 1.54) is 0 Å². The van der Waals surface area contributed by atoms with Crippen molar-refractivity contribution in [3.8, 4) is 17.2 Å². The van der Waals surface area contributed by atoms with Crippen molar-refractivity contribution in [3.05, 3.63) is 62.5 Å². The lowest BCUT2D eigenvalue weighted by atomic mass is 9.92. The van der Waals surface area contributed by atoms with E-state index < -0.39 is 0 Å². The standard InChI is InChI=1S/C24H24N2O5/c1-12-9-20-22(14-5-4-6-15(14)24(28)31-20)23(27)21(12)18-11-17(25-26-18)16-10-13(29-2)7-8-19(16)30-3/h7-10,17,25,27H,4-6,11H2,1-3H3. The minimum atomic E-state index is -0.295. The maximum absolute atomic E-state index is 12.3. The van der Waals surface area contributed by atoms with Crippen molar-refractivity contribution in [1.29, 1.82) is 0 Å². The first-order valence-electron chi connectivity index (χ1n) is 10.4. The van der Waals surface area contributed by atoms with Crippen molar-refractivity contribution < 1.29 is 19.0 Å². The predicted molar refractivity (Wildman–Crippen MR) is 117 cm³/mol. The molecule has 0 fully saturated rings. The lowest BCUT2D eigenvalue weighted by Gasteiger charge is -2.16. The number of hydrogen-bond donors (Lipinski definition) is 2. The molecule has 1 aromatic heterocycles. The first kappa shape index (κ1) is 19.5. The number of nitrogens with one attached hydrogen (secondary N) is 1. The first-order valence-corrected chi connectivity index (χ1v) is 10.4. The van der Waals surface area contributed by atoms with E-state index in [0.29, 0.717) is 34.9 Å². The molecule has 160 valence electrons. The second kappa shape index (κ2) is 7.34. The van der Waals surface area contributed by atoms with Crippen LogP contribution in [0.1, 0.15) is 46.7 Å². The molecule has 2 heterocycles. The van der Waals surface area contributed by atoms with Gasteiger partial charge in [0.15, 0.2) is 0 Å². The molecule has 31 heavy (non-hydrogen) atoms. The van der Waals surface area contributed by atoms with Gasteiger partial charge in [0, 0.05) is 23.1 Å². The van der Waals surface area contributed by atoms with E-state index in [0.717, 1.165) is 46.7 Å². The number of aromatic hydroxyl groups is 1. The molecular formula is C24H24N2O5. The Kier molecular flexibility index (Phi) is 4.61. The van der Waals surface area contributed by atoms with E-state index >= 15 is 0 Å². The Hall–Kier alpha value is -3.48. The topological polar surface area (TPSA) is 93.3 Å². The average molecular weight is 420 g/mol. The van der Waals surface area contributed by atoms with Gasteiger partial charge in [0.1, 0.15) is 22.8 Å². The third-order valence-corrected chi connectivity index (χ3v) is 6.28. The smallest absolute Gasteiger partial charge is 0.339 e. The molecule has 7 nitrogen and oxygen atoms in total. The Morgan fingerprint density at radius 2 is 1.97 bits per heavy atom. The zero-order chi connectivity index (χ0) is 21.7. The van der Waals surface area contributed by atoms with Gasteiger partial charge in [-0.05, 0) is 61.6 Å². The van der Waals surface area contributed by atoms with Crippen LogP contribution in [-0.4, -0.2) is 25.0 Å². The Morgan fingerprint density at radius 3 is 2.74 bits per heavy atom. The van der Waals surface area contributed by atoms with Crippen molar-refractivity contribution in [2.24, 2.45) is 5.10 Å². The lowest BCUT2D eigenvalue weighted by Crippen LogP contribution is -2.12. The van der Waals surface area contributed by atoms with Crippen LogP contribution in [0.3, 0.4) is 0 Å². The first-order chi connectivity index (χ1) is 15.0. The van der Waals surface area contributed by atoms with Crippen LogP contribution in [0.2, 0.25) is 0 Å². The minimum Gasteiger partial charge on any atom is -0.506 e. The van der Waals surface area contributed by atoms with Crippen molar-refractivity contribution >= 4 is 16.7 Å². The molecule has 0 saturated heterocycles. The third-order valence-electron chi connectivity index (χ3n) is 6.28. The number of phenolic OH excluding ortho intramolecular Hbond substituents is 1. The predicted octanol–water partition coefficient (Wildman–Crippen LogP) is 3.75. The van der Waals surface area contributed by atoms with E-state index in [4.69, 9.17) is 13.9 Å². The quantitative estimate of drug-likeness (QED) is 0.625. The molecule has 0 bridgehead atoms. The molecule has 2 aromatic carbocycles. The van der Waals surface area contributed by atoms with Crippen LogP contribution in [-0.2, 0) is 12.8 Å². The minimum absolute atomic E-state index is 0.117. The zero-order valence-electron chi connectivity index (χ0n) is 17.7. The van der Waals surface area contributed by atoms with E-state index in [9.17, 15) is 9.90 Å². The number of ether oxygens (including phenoxy) is 2. The van der Waals surface area contributed by atoms with Gasteiger partial charge in [0.25, 0.3) is 0 Å². The van der Waals surface area contributed by atoms with Gasteiger partial charge in [0.2, 0.25) is 0 Å². The van der Waals surface area contributed by atoms with Crippen molar-refractivity contribution in [3.63, 3.8) is 0 Å². The van der Waals surface area contributed by atoms with Crippen LogP contribution < -0.4 is 20.5 Å². The van der Waals surface area contributed by atoms with Crippen LogP contribution in [0.25, 0.3) is 11.0 Å². The van der Waals surface area contributed by atoms with Crippen LogP contribution in [0.5, 0.6) is 17.2 Å². The van der Waals surface area contributed by atoms with Gasteiger partial charge >= 0.3 is 5.63 Å². The van der Waals surface area contributed by atoms with E-state index in [-0.39, 0.29) is 17.4 Å². The fraction of sp³-hybridized carbons (Fsp3) is 0.333. The maximum Gasteiger partial charge on any atom is 0.339 e. The number of benzene rings is 2. The Balaban J connectivity index is 1.57. The third kappa shape index (κ3) is 3.03.